The second-order valence-electron chi connectivity index (χ2n) is 4.64. The zero-order valence-corrected chi connectivity index (χ0v) is 11.8. The molecule has 19 heavy (non-hydrogen) atoms. The molecule has 0 radical (unpaired) electrons. The fraction of sp³-hybridized carbons (Fsp3) is 0.400. The van der Waals surface area contributed by atoms with E-state index in [4.69, 9.17) is 4.74 Å². The van der Waals surface area contributed by atoms with Crippen LogP contribution in [0.25, 0.3) is 0 Å². The molecule has 0 amide bonds. The van der Waals surface area contributed by atoms with Gasteiger partial charge in [0.15, 0.2) is 0 Å². The van der Waals surface area contributed by atoms with E-state index < -0.39 is 0 Å². The first-order valence-electron chi connectivity index (χ1n) is 6.67. The summed E-state index contributed by atoms with van der Waals surface area (Å²) in [6.07, 6.45) is 4.79. The van der Waals surface area contributed by atoms with Gasteiger partial charge >= 0.3 is 0 Å². The highest BCUT2D eigenvalue weighted by atomic mass is 16.5. The van der Waals surface area contributed by atoms with Crippen molar-refractivity contribution in [2.75, 3.05) is 11.9 Å². The lowest BCUT2D eigenvalue weighted by Crippen LogP contribution is -2.11. The van der Waals surface area contributed by atoms with Gasteiger partial charge in [0.2, 0.25) is 0 Å². The third-order valence-corrected chi connectivity index (χ3v) is 2.96. The maximum Gasteiger partial charge on any atom is 0.130 e. The number of imidazole rings is 1. The van der Waals surface area contributed by atoms with Crippen molar-refractivity contribution in [3.05, 3.63) is 42.5 Å². The molecule has 0 aliphatic carbocycles. The Balaban J connectivity index is 1.97. The molecular weight excluding hydrogens is 238 g/mol. The van der Waals surface area contributed by atoms with Crippen LogP contribution in [-0.4, -0.2) is 16.2 Å². The summed E-state index contributed by atoms with van der Waals surface area (Å²) in [5.74, 6) is 1.93. The molecule has 0 spiro atoms. The fourth-order valence-corrected chi connectivity index (χ4v) is 1.98. The Kier molecular flexibility index (Phi) is 4.44. The molecule has 0 aliphatic rings. The molecule has 1 aromatic heterocycles. The Morgan fingerprint density at radius 3 is 2.63 bits per heavy atom. The van der Waals surface area contributed by atoms with Crippen LogP contribution < -0.4 is 10.1 Å². The number of nitrogens with zero attached hydrogens (tertiary/aromatic N) is 2. The molecule has 0 bridgehead atoms. The second-order valence-corrected chi connectivity index (χ2v) is 4.64. The lowest BCUT2D eigenvalue weighted by Gasteiger charge is -2.15. The molecule has 102 valence electrons. The summed E-state index contributed by atoms with van der Waals surface area (Å²) in [7, 11) is 2.00. The van der Waals surface area contributed by atoms with E-state index >= 15 is 0 Å². The number of aryl methyl sites for hydroxylation is 1. The van der Waals surface area contributed by atoms with E-state index in [1.54, 1.807) is 0 Å². The van der Waals surface area contributed by atoms with Gasteiger partial charge in [0, 0.05) is 25.1 Å². The lowest BCUT2D eigenvalue weighted by molar-refractivity contribution is 0.317. The summed E-state index contributed by atoms with van der Waals surface area (Å²) in [5, 5.41) is 3.43. The van der Waals surface area contributed by atoms with Crippen molar-refractivity contribution in [1.29, 1.82) is 0 Å². The molecule has 0 saturated carbocycles. The van der Waals surface area contributed by atoms with Crippen molar-refractivity contribution in [3.8, 4) is 5.75 Å². The quantitative estimate of drug-likeness (QED) is 0.864. The van der Waals surface area contributed by atoms with Crippen LogP contribution in [0.1, 0.15) is 32.1 Å². The maximum absolute atomic E-state index is 5.56. The molecule has 4 heteroatoms. The van der Waals surface area contributed by atoms with Crippen LogP contribution in [-0.2, 0) is 7.05 Å². The summed E-state index contributed by atoms with van der Waals surface area (Å²) >= 11 is 0. The molecule has 0 aliphatic heterocycles. The van der Waals surface area contributed by atoms with Gasteiger partial charge in [0.1, 0.15) is 11.6 Å². The van der Waals surface area contributed by atoms with Gasteiger partial charge in [-0.15, -0.1) is 0 Å². The third-order valence-electron chi connectivity index (χ3n) is 2.96. The average molecular weight is 259 g/mol. The molecule has 4 nitrogen and oxygen atoms in total. The molecule has 0 fully saturated rings. The molecule has 1 unspecified atom stereocenters. The van der Waals surface area contributed by atoms with E-state index in [9.17, 15) is 0 Å². The molecule has 1 N–H and O–H groups in total. The average Bonchev–Trinajstić information content (AvgIpc) is 2.84. The van der Waals surface area contributed by atoms with Gasteiger partial charge in [-0.2, -0.15) is 0 Å². The van der Waals surface area contributed by atoms with Gasteiger partial charge in [-0.1, -0.05) is 6.92 Å². The highest BCUT2D eigenvalue weighted by Gasteiger charge is 2.09. The van der Waals surface area contributed by atoms with E-state index in [0.29, 0.717) is 0 Å². The minimum atomic E-state index is 0.169. The molecule has 2 aromatic rings. The van der Waals surface area contributed by atoms with Crippen LogP contribution in [0, 0.1) is 0 Å². The first-order chi connectivity index (χ1) is 9.20. The summed E-state index contributed by atoms with van der Waals surface area (Å²) in [6.45, 7) is 4.96. The first kappa shape index (κ1) is 13.5. The van der Waals surface area contributed by atoms with Crippen molar-refractivity contribution in [2.45, 2.75) is 26.3 Å². The molecule has 0 saturated heterocycles. The van der Waals surface area contributed by atoms with Crippen LogP contribution in [0.4, 0.5) is 5.69 Å². The number of nitrogens with one attached hydrogen (secondary N) is 1. The minimum absolute atomic E-state index is 0.169. The third kappa shape index (κ3) is 3.50. The second kappa shape index (κ2) is 6.27. The van der Waals surface area contributed by atoms with E-state index in [1.807, 2.05) is 48.3 Å². The summed E-state index contributed by atoms with van der Waals surface area (Å²) in [5.41, 5.74) is 1.07. The number of rotatable bonds is 6. The van der Waals surface area contributed by atoms with Crippen molar-refractivity contribution in [1.82, 2.24) is 9.55 Å². The minimum Gasteiger partial charge on any atom is -0.494 e. The van der Waals surface area contributed by atoms with E-state index in [0.717, 1.165) is 30.3 Å². The lowest BCUT2D eigenvalue weighted by atomic mass is 10.2. The monoisotopic (exact) mass is 259 g/mol. The smallest absolute Gasteiger partial charge is 0.130 e. The first-order valence-corrected chi connectivity index (χ1v) is 6.67. The molecule has 1 atom stereocenters. The number of ether oxygens (including phenoxy) is 1. The van der Waals surface area contributed by atoms with E-state index in [2.05, 4.69) is 24.1 Å². The van der Waals surface area contributed by atoms with Crippen molar-refractivity contribution >= 4 is 5.69 Å². The van der Waals surface area contributed by atoms with Crippen LogP contribution >= 0.6 is 0 Å². The van der Waals surface area contributed by atoms with E-state index in [-0.39, 0.29) is 6.04 Å². The fourth-order valence-electron chi connectivity index (χ4n) is 1.98. The molecule has 2 rings (SSSR count). The largest absolute Gasteiger partial charge is 0.494 e. The highest BCUT2D eigenvalue weighted by molar-refractivity contribution is 5.47. The highest BCUT2D eigenvalue weighted by Crippen LogP contribution is 2.20. The van der Waals surface area contributed by atoms with Gasteiger partial charge in [-0.05, 0) is 37.6 Å². The molecule has 1 heterocycles. The Bertz CT molecular complexity index is 504. The molecule has 1 aromatic carbocycles. The zero-order valence-electron chi connectivity index (χ0n) is 11.8. The Labute approximate surface area is 114 Å². The van der Waals surface area contributed by atoms with E-state index in [1.165, 1.54) is 0 Å². The number of hydrogen-bond donors (Lipinski definition) is 1. The summed E-state index contributed by atoms with van der Waals surface area (Å²) in [6, 6.07) is 8.21. The maximum atomic E-state index is 5.56. The van der Waals surface area contributed by atoms with Crippen molar-refractivity contribution < 1.29 is 4.74 Å². The van der Waals surface area contributed by atoms with Crippen LogP contribution in [0.2, 0.25) is 0 Å². The summed E-state index contributed by atoms with van der Waals surface area (Å²) < 4.78 is 7.59. The SMILES string of the molecule is CCCOc1ccc(NC(C)c2nccn2C)cc1. The number of hydrogen-bond acceptors (Lipinski definition) is 3. The number of benzene rings is 1. The predicted octanol–water partition coefficient (Wildman–Crippen LogP) is 3.38. The van der Waals surface area contributed by atoms with Gasteiger partial charge in [0.05, 0.1) is 12.6 Å². The van der Waals surface area contributed by atoms with Gasteiger partial charge in [0.25, 0.3) is 0 Å². The zero-order chi connectivity index (χ0) is 13.7. The summed E-state index contributed by atoms with van der Waals surface area (Å²) in [4.78, 5) is 4.35. The Hall–Kier alpha value is -1.97. The Morgan fingerprint density at radius 1 is 1.32 bits per heavy atom. The van der Waals surface area contributed by atoms with Crippen LogP contribution in [0.3, 0.4) is 0 Å². The molecular formula is C15H21N3O. The van der Waals surface area contributed by atoms with Gasteiger partial charge in [-0.3, -0.25) is 0 Å². The Morgan fingerprint density at radius 2 is 2.05 bits per heavy atom. The number of aromatic nitrogens is 2. The van der Waals surface area contributed by atoms with Crippen LogP contribution in [0.5, 0.6) is 5.75 Å². The predicted molar refractivity (Wildman–Crippen MR) is 77.5 cm³/mol. The van der Waals surface area contributed by atoms with Gasteiger partial charge < -0.3 is 14.6 Å². The van der Waals surface area contributed by atoms with Gasteiger partial charge in [-0.25, -0.2) is 4.98 Å². The van der Waals surface area contributed by atoms with Crippen molar-refractivity contribution in [3.63, 3.8) is 0 Å². The van der Waals surface area contributed by atoms with Crippen molar-refractivity contribution in [2.24, 2.45) is 7.05 Å². The standard InChI is InChI=1S/C15H21N3O/c1-4-11-19-14-7-5-13(6-8-14)17-12(2)15-16-9-10-18(15)3/h5-10,12,17H,4,11H2,1-3H3. The number of anilines is 1. The normalized spacial score (nSPS) is 12.2. The topological polar surface area (TPSA) is 39.1 Å². The van der Waals surface area contributed by atoms with Crippen LogP contribution in [0.15, 0.2) is 36.7 Å².